The summed E-state index contributed by atoms with van der Waals surface area (Å²) in [6, 6.07) is 8.01. The number of hydrogen-bond acceptors (Lipinski definition) is 3. The van der Waals surface area contributed by atoms with Gasteiger partial charge in [0.1, 0.15) is 5.82 Å². The fourth-order valence-corrected chi connectivity index (χ4v) is 2.77. The molecule has 3 aromatic rings. The van der Waals surface area contributed by atoms with Crippen molar-refractivity contribution in [2.75, 3.05) is 5.88 Å². The van der Waals surface area contributed by atoms with Gasteiger partial charge in [-0.1, -0.05) is 21.1 Å². The molecule has 0 radical (unpaired) electrons. The molecule has 3 rings (SSSR count). The Kier molecular flexibility index (Phi) is 3.81. The van der Waals surface area contributed by atoms with Crippen LogP contribution in [0.4, 0.5) is 0 Å². The summed E-state index contributed by atoms with van der Waals surface area (Å²) in [6.45, 7) is 2.53. The second kappa shape index (κ2) is 5.58. The Morgan fingerprint density at radius 1 is 1.35 bits per heavy atom. The van der Waals surface area contributed by atoms with Crippen molar-refractivity contribution in [2.45, 2.75) is 19.9 Å². The first kappa shape index (κ1) is 13.6. The van der Waals surface area contributed by atoms with Crippen LogP contribution in [-0.2, 0) is 13.0 Å². The van der Waals surface area contributed by atoms with Gasteiger partial charge >= 0.3 is 0 Å². The standard InChI is InChI=1S/C14H13BrClN3O/c1-9-6-11(20-18-9)8-19-13-3-2-10(15)7-12(13)17-14(19)4-5-16/h2-3,6-7H,4-5,8H2,1H3. The lowest BCUT2D eigenvalue weighted by molar-refractivity contribution is 0.373. The van der Waals surface area contributed by atoms with E-state index in [1.165, 1.54) is 0 Å². The van der Waals surface area contributed by atoms with Gasteiger partial charge < -0.3 is 9.09 Å². The summed E-state index contributed by atoms with van der Waals surface area (Å²) in [5, 5.41) is 3.92. The van der Waals surface area contributed by atoms with Crippen molar-refractivity contribution in [1.82, 2.24) is 14.7 Å². The Morgan fingerprint density at radius 2 is 2.20 bits per heavy atom. The highest BCUT2D eigenvalue weighted by atomic mass is 79.9. The SMILES string of the molecule is Cc1cc(Cn2c(CCCl)nc3cc(Br)ccc32)on1. The van der Waals surface area contributed by atoms with Crippen molar-refractivity contribution in [2.24, 2.45) is 0 Å². The van der Waals surface area contributed by atoms with Crippen LogP contribution in [0.25, 0.3) is 11.0 Å². The molecule has 0 atom stereocenters. The van der Waals surface area contributed by atoms with Gasteiger partial charge in [0.05, 0.1) is 23.3 Å². The summed E-state index contributed by atoms with van der Waals surface area (Å²) in [7, 11) is 0. The van der Waals surface area contributed by atoms with Gasteiger partial charge in [-0.3, -0.25) is 0 Å². The molecule has 0 saturated carbocycles. The van der Waals surface area contributed by atoms with E-state index in [0.29, 0.717) is 12.4 Å². The highest BCUT2D eigenvalue weighted by Crippen LogP contribution is 2.22. The first-order chi connectivity index (χ1) is 9.67. The van der Waals surface area contributed by atoms with Crippen LogP contribution >= 0.6 is 27.5 Å². The molecule has 0 saturated heterocycles. The number of aryl methyl sites for hydroxylation is 2. The van der Waals surface area contributed by atoms with Gasteiger partial charge in [0.25, 0.3) is 0 Å². The molecule has 0 aliphatic rings. The largest absolute Gasteiger partial charge is 0.359 e. The normalized spacial score (nSPS) is 11.3. The maximum Gasteiger partial charge on any atom is 0.156 e. The van der Waals surface area contributed by atoms with Crippen molar-refractivity contribution in [3.8, 4) is 0 Å². The smallest absolute Gasteiger partial charge is 0.156 e. The monoisotopic (exact) mass is 353 g/mol. The molecule has 20 heavy (non-hydrogen) atoms. The van der Waals surface area contributed by atoms with E-state index in [1.54, 1.807) is 0 Å². The van der Waals surface area contributed by atoms with Gasteiger partial charge in [-0.15, -0.1) is 11.6 Å². The van der Waals surface area contributed by atoms with E-state index < -0.39 is 0 Å². The Morgan fingerprint density at radius 3 is 2.90 bits per heavy atom. The van der Waals surface area contributed by atoms with Crippen molar-refractivity contribution >= 4 is 38.6 Å². The van der Waals surface area contributed by atoms with Crippen LogP contribution in [-0.4, -0.2) is 20.6 Å². The first-order valence-corrected chi connectivity index (χ1v) is 7.63. The average Bonchev–Trinajstić information content (AvgIpc) is 2.95. The Bertz CT molecular complexity index is 750. The Hall–Kier alpha value is -1.33. The highest BCUT2D eigenvalue weighted by molar-refractivity contribution is 9.10. The maximum atomic E-state index is 5.88. The lowest BCUT2D eigenvalue weighted by Gasteiger charge is -2.05. The summed E-state index contributed by atoms with van der Waals surface area (Å²) in [5.74, 6) is 2.32. The molecule has 1 aromatic carbocycles. The number of hydrogen-bond donors (Lipinski definition) is 0. The zero-order valence-corrected chi connectivity index (χ0v) is 13.3. The minimum absolute atomic E-state index is 0.542. The summed E-state index contributed by atoms with van der Waals surface area (Å²) in [4.78, 5) is 4.65. The maximum absolute atomic E-state index is 5.88. The van der Waals surface area contributed by atoms with Gasteiger partial charge in [-0.2, -0.15) is 0 Å². The van der Waals surface area contributed by atoms with Gasteiger partial charge in [-0.05, 0) is 25.1 Å². The van der Waals surface area contributed by atoms with E-state index in [-0.39, 0.29) is 0 Å². The molecular formula is C14H13BrClN3O. The third-order valence-electron chi connectivity index (χ3n) is 3.10. The number of halogens is 2. The summed E-state index contributed by atoms with van der Waals surface area (Å²) >= 11 is 9.35. The van der Waals surface area contributed by atoms with Gasteiger partial charge in [0.2, 0.25) is 0 Å². The summed E-state index contributed by atoms with van der Waals surface area (Å²) in [5.41, 5.74) is 2.91. The molecule has 0 amide bonds. The van der Waals surface area contributed by atoms with Crippen LogP contribution in [0.1, 0.15) is 17.3 Å². The second-order valence-corrected chi connectivity index (χ2v) is 5.91. The van der Waals surface area contributed by atoms with Crippen molar-refractivity contribution in [3.63, 3.8) is 0 Å². The number of alkyl halides is 1. The van der Waals surface area contributed by atoms with Crippen LogP contribution < -0.4 is 0 Å². The highest BCUT2D eigenvalue weighted by Gasteiger charge is 2.13. The van der Waals surface area contributed by atoms with Crippen molar-refractivity contribution in [3.05, 3.63) is 46.0 Å². The van der Waals surface area contributed by atoms with E-state index in [9.17, 15) is 0 Å². The second-order valence-electron chi connectivity index (χ2n) is 4.62. The Labute approximate surface area is 129 Å². The molecule has 104 valence electrons. The summed E-state index contributed by atoms with van der Waals surface area (Å²) in [6.07, 6.45) is 0.723. The molecule has 0 bridgehead atoms. The van der Waals surface area contributed by atoms with Crippen LogP contribution in [0.2, 0.25) is 0 Å². The predicted molar refractivity (Wildman–Crippen MR) is 82.2 cm³/mol. The number of aromatic nitrogens is 3. The minimum atomic E-state index is 0.542. The van der Waals surface area contributed by atoms with Crippen molar-refractivity contribution < 1.29 is 4.52 Å². The third kappa shape index (κ3) is 2.60. The number of rotatable bonds is 4. The quantitative estimate of drug-likeness (QED) is 0.667. The third-order valence-corrected chi connectivity index (χ3v) is 3.78. The lowest BCUT2D eigenvalue weighted by atomic mass is 10.3. The van der Waals surface area contributed by atoms with Crippen LogP contribution in [0.5, 0.6) is 0 Å². The topological polar surface area (TPSA) is 43.9 Å². The molecule has 0 unspecified atom stereocenters. The molecule has 6 heteroatoms. The summed E-state index contributed by atoms with van der Waals surface area (Å²) < 4.78 is 8.45. The van der Waals surface area contributed by atoms with Gasteiger partial charge in [0.15, 0.2) is 5.76 Å². The fourth-order valence-electron chi connectivity index (χ4n) is 2.25. The van der Waals surface area contributed by atoms with Gasteiger partial charge in [0, 0.05) is 22.8 Å². The van der Waals surface area contributed by atoms with E-state index in [0.717, 1.165) is 39.2 Å². The average molecular weight is 355 g/mol. The van der Waals surface area contributed by atoms with E-state index in [1.807, 2.05) is 31.2 Å². The molecule has 0 aliphatic heterocycles. The molecule has 4 nitrogen and oxygen atoms in total. The zero-order chi connectivity index (χ0) is 14.1. The molecule has 0 aliphatic carbocycles. The number of benzene rings is 1. The van der Waals surface area contributed by atoms with E-state index >= 15 is 0 Å². The van der Waals surface area contributed by atoms with Crippen molar-refractivity contribution in [1.29, 1.82) is 0 Å². The van der Waals surface area contributed by atoms with Crippen LogP contribution in [0.3, 0.4) is 0 Å². The fraction of sp³-hybridized carbons (Fsp3) is 0.286. The molecular weight excluding hydrogens is 342 g/mol. The molecule has 2 aromatic heterocycles. The van der Waals surface area contributed by atoms with Gasteiger partial charge in [-0.25, -0.2) is 4.98 Å². The molecule has 0 spiro atoms. The Balaban J connectivity index is 2.08. The zero-order valence-electron chi connectivity index (χ0n) is 10.9. The van der Waals surface area contributed by atoms with Crippen LogP contribution in [0.15, 0.2) is 33.3 Å². The number of nitrogens with zero attached hydrogens (tertiary/aromatic N) is 3. The van der Waals surface area contributed by atoms with E-state index in [2.05, 4.69) is 30.6 Å². The minimum Gasteiger partial charge on any atom is -0.359 e. The molecule has 0 N–H and O–H groups in total. The number of imidazole rings is 1. The molecule has 2 heterocycles. The lowest BCUT2D eigenvalue weighted by Crippen LogP contribution is -2.05. The van der Waals surface area contributed by atoms with Crippen LogP contribution in [0, 0.1) is 6.92 Å². The predicted octanol–water partition coefficient (Wildman–Crippen LogP) is 3.92. The first-order valence-electron chi connectivity index (χ1n) is 6.30. The van der Waals surface area contributed by atoms with E-state index in [4.69, 9.17) is 16.1 Å². The molecule has 0 fully saturated rings. The number of fused-ring (bicyclic) bond motifs is 1.